The van der Waals surface area contributed by atoms with Crippen LogP contribution in [0.25, 0.3) is 0 Å². The maximum atomic E-state index is 4.21. The van der Waals surface area contributed by atoms with E-state index in [1.807, 2.05) is 26.2 Å². The molecular weight excluding hydrogens is 178 g/mol. The molecule has 0 saturated heterocycles. The average molecular weight is 191 g/mol. The van der Waals surface area contributed by atoms with E-state index in [0.29, 0.717) is 6.54 Å². The lowest BCUT2D eigenvalue weighted by molar-refractivity contribution is 0.768. The zero-order chi connectivity index (χ0) is 9.97. The number of H-pyrrole nitrogens is 1. The van der Waals surface area contributed by atoms with Crippen molar-refractivity contribution in [1.82, 2.24) is 19.7 Å². The summed E-state index contributed by atoms with van der Waals surface area (Å²) in [6, 6.07) is 1.93. The Labute approximate surface area is 82.2 Å². The van der Waals surface area contributed by atoms with Crippen molar-refractivity contribution in [3.05, 3.63) is 30.0 Å². The van der Waals surface area contributed by atoms with Crippen molar-refractivity contribution in [3.8, 4) is 0 Å². The SMILES string of the molecule is Cc1[nH]cnc1CNc1ccn(C)n1. The van der Waals surface area contributed by atoms with Crippen molar-refractivity contribution in [1.29, 1.82) is 0 Å². The van der Waals surface area contributed by atoms with Gasteiger partial charge in [-0.2, -0.15) is 5.10 Å². The summed E-state index contributed by atoms with van der Waals surface area (Å²) in [4.78, 5) is 7.22. The molecule has 2 N–H and O–H groups in total. The number of hydrogen-bond donors (Lipinski definition) is 2. The Hall–Kier alpha value is -1.78. The third-order valence-corrected chi connectivity index (χ3v) is 2.08. The predicted molar refractivity (Wildman–Crippen MR) is 53.9 cm³/mol. The topological polar surface area (TPSA) is 58.5 Å². The van der Waals surface area contributed by atoms with Crippen molar-refractivity contribution in [2.24, 2.45) is 7.05 Å². The van der Waals surface area contributed by atoms with Crippen LogP contribution in [0.4, 0.5) is 5.82 Å². The molecule has 0 radical (unpaired) electrons. The normalized spacial score (nSPS) is 10.4. The molecule has 0 spiro atoms. The summed E-state index contributed by atoms with van der Waals surface area (Å²) in [6.07, 6.45) is 3.60. The molecule has 0 aliphatic heterocycles. The monoisotopic (exact) mass is 191 g/mol. The number of rotatable bonds is 3. The van der Waals surface area contributed by atoms with Crippen molar-refractivity contribution >= 4 is 5.82 Å². The van der Waals surface area contributed by atoms with Gasteiger partial charge < -0.3 is 10.3 Å². The summed E-state index contributed by atoms with van der Waals surface area (Å²) in [7, 11) is 1.89. The Kier molecular flexibility index (Phi) is 2.22. The molecule has 0 unspecified atom stereocenters. The minimum atomic E-state index is 0.701. The molecule has 5 heteroatoms. The Balaban J connectivity index is 1.98. The summed E-state index contributed by atoms with van der Waals surface area (Å²) in [5, 5.41) is 7.40. The fourth-order valence-electron chi connectivity index (χ4n) is 1.25. The zero-order valence-corrected chi connectivity index (χ0v) is 8.28. The molecule has 0 aliphatic carbocycles. The van der Waals surface area contributed by atoms with Crippen LogP contribution in [0, 0.1) is 6.92 Å². The second kappa shape index (κ2) is 3.53. The minimum absolute atomic E-state index is 0.701. The Morgan fingerprint density at radius 2 is 2.43 bits per heavy atom. The first-order chi connectivity index (χ1) is 6.75. The molecule has 0 atom stereocenters. The standard InChI is InChI=1S/C9H13N5/c1-7-8(12-6-11-7)5-10-9-3-4-14(2)13-9/h3-4,6H,5H2,1-2H3,(H,10,13)(H,11,12). The first-order valence-corrected chi connectivity index (χ1v) is 4.48. The van der Waals surface area contributed by atoms with Gasteiger partial charge in [-0.05, 0) is 6.92 Å². The highest BCUT2D eigenvalue weighted by Crippen LogP contribution is 2.05. The van der Waals surface area contributed by atoms with E-state index < -0.39 is 0 Å². The average Bonchev–Trinajstić information content (AvgIpc) is 2.72. The highest BCUT2D eigenvalue weighted by molar-refractivity contribution is 5.33. The number of aromatic nitrogens is 4. The van der Waals surface area contributed by atoms with Gasteiger partial charge in [0.25, 0.3) is 0 Å². The van der Waals surface area contributed by atoms with Gasteiger partial charge in [0.1, 0.15) is 5.82 Å². The molecular formula is C9H13N5. The van der Waals surface area contributed by atoms with Crippen LogP contribution in [-0.2, 0) is 13.6 Å². The zero-order valence-electron chi connectivity index (χ0n) is 8.28. The van der Waals surface area contributed by atoms with Crippen molar-refractivity contribution in [3.63, 3.8) is 0 Å². The first kappa shape index (κ1) is 8.80. The Bertz CT molecular complexity index is 414. The molecule has 2 rings (SSSR count). The van der Waals surface area contributed by atoms with Crippen molar-refractivity contribution in [2.75, 3.05) is 5.32 Å². The molecule has 0 bridgehead atoms. The summed E-state index contributed by atoms with van der Waals surface area (Å²) in [6.45, 7) is 2.70. The number of nitrogens with zero attached hydrogens (tertiary/aromatic N) is 3. The molecule has 0 amide bonds. The van der Waals surface area contributed by atoms with E-state index in [1.165, 1.54) is 0 Å². The largest absolute Gasteiger partial charge is 0.363 e. The second-order valence-electron chi connectivity index (χ2n) is 3.20. The summed E-state index contributed by atoms with van der Waals surface area (Å²) in [5.41, 5.74) is 2.11. The lowest BCUT2D eigenvalue weighted by atomic mass is 10.3. The maximum absolute atomic E-state index is 4.21. The Morgan fingerprint density at radius 1 is 1.57 bits per heavy atom. The quantitative estimate of drug-likeness (QED) is 0.762. The lowest BCUT2D eigenvalue weighted by Crippen LogP contribution is -2.02. The van der Waals surface area contributed by atoms with Crippen LogP contribution < -0.4 is 5.32 Å². The van der Waals surface area contributed by atoms with E-state index in [1.54, 1.807) is 11.0 Å². The third-order valence-electron chi connectivity index (χ3n) is 2.08. The lowest BCUT2D eigenvalue weighted by Gasteiger charge is -2.00. The van der Waals surface area contributed by atoms with E-state index in [-0.39, 0.29) is 0 Å². The van der Waals surface area contributed by atoms with Gasteiger partial charge in [0.15, 0.2) is 0 Å². The summed E-state index contributed by atoms with van der Waals surface area (Å²) < 4.78 is 1.76. The molecule has 5 nitrogen and oxygen atoms in total. The van der Waals surface area contributed by atoms with Crippen molar-refractivity contribution < 1.29 is 0 Å². The van der Waals surface area contributed by atoms with Gasteiger partial charge in [0.05, 0.1) is 18.6 Å². The van der Waals surface area contributed by atoms with Crippen LogP contribution in [0.15, 0.2) is 18.6 Å². The molecule has 74 valence electrons. The number of anilines is 1. The smallest absolute Gasteiger partial charge is 0.148 e. The fourth-order valence-corrected chi connectivity index (χ4v) is 1.25. The first-order valence-electron chi connectivity index (χ1n) is 4.48. The third kappa shape index (κ3) is 1.76. The summed E-state index contributed by atoms with van der Waals surface area (Å²) in [5.74, 6) is 0.870. The molecule has 0 aromatic carbocycles. The van der Waals surface area contributed by atoms with Crippen molar-refractivity contribution in [2.45, 2.75) is 13.5 Å². The van der Waals surface area contributed by atoms with E-state index in [9.17, 15) is 0 Å². The number of aromatic amines is 1. The van der Waals surface area contributed by atoms with E-state index in [0.717, 1.165) is 17.2 Å². The Morgan fingerprint density at radius 3 is 3.00 bits per heavy atom. The number of nitrogens with one attached hydrogen (secondary N) is 2. The van der Waals surface area contributed by atoms with E-state index >= 15 is 0 Å². The fraction of sp³-hybridized carbons (Fsp3) is 0.333. The second-order valence-corrected chi connectivity index (χ2v) is 3.20. The molecule has 2 aromatic rings. The highest BCUT2D eigenvalue weighted by Gasteiger charge is 2.01. The van der Waals surface area contributed by atoms with E-state index in [2.05, 4.69) is 20.4 Å². The van der Waals surface area contributed by atoms with Crippen LogP contribution in [0.5, 0.6) is 0 Å². The van der Waals surface area contributed by atoms with Gasteiger partial charge >= 0.3 is 0 Å². The highest BCUT2D eigenvalue weighted by atomic mass is 15.3. The van der Waals surface area contributed by atoms with Gasteiger partial charge in [-0.15, -0.1) is 0 Å². The molecule has 0 saturated carbocycles. The predicted octanol–water partition coefficient (Wildman–Crippen LogP) is 1.06. The van der Waals surface area contributed by atoms with Crippen LogP contribution in [-0.4, -0.2) is 19.7 Å². The van der Waals surface area contributed by atoms with Gasteiger partial charge in [0, 0.05) is 25.0 Å². The van der Waals surface area contributed by atoms with Gasteiger partial charge in [-0.3, -0.25) is 4.68 Å². The van der Waals surface area contributed by atoms with Gasteiger partial charge in [-0.1, -0.05) is 0 Å². The molecule has 0 fully saturated rings. The molecule has 0 aliphatic rings. The molecule has 2 aromatic heterocycles. The van der Waals surface area contributed by atoms with E-state index in [4.69, 9.17) is 0 Å². The van der Waals surface area contributed by atoms with Crippen LogP contribution in [0.3, 0.4) is 0 Å². The maximum Gasteiger partial charge on any atom is 0.148 e. The van der Waals surface area contributed by atoms with Gasteiger partial charge in [0.2, 0.25) is 0 Å². The van der Waals surface area contributed by atoms with Crippen LogP contribution >= 0.6 is 0 Å². The number of imidazole rings is 1. The van der Waals surface area contributed by atoms with Crippen LogP contribution in [0.1, 0.15) is 11.4 Å². The molecule has 2 heterocycles. The number of aryl methyl sites for hydroxylation is 2. The minimum Gasteiger partial charge on any atom is -0.363 e. The summed E-state index contributed by atoms with van der Waals surface area (Å²) >= 11 is 0. The van der Waals surface area contributed by atoms with Crippen LogP contribution in [0.2, 0.25) is 0 Å². The molecule has 14 heavy (non-hydrogen) atoms. The van der Waals surface area contributed by atoms with Gasteiger partial charge in [-0.25, -0.2) is 4.98 Å². The number of hydrogen-bond acceptors (Lipinski definition) is 3.